The number of pyridine rings is 2. The quantitative estimate of drug-likeness (QED) is 0.499. The molecule has 0 aliphatic carbocycles. The Balaban J connectivity index is 1.66. The summed E-state index contributed by atoms with van der Waals surface area (Å²) in [6.45, 7) is 6.61. The Kier molecular flexibility index (Phi) is 3.80. The predicted molar refractivity (Wildman–Crippen MR) is 110 cm³/mol. The van der Waals surface area contributed by atoms with Gasteiger partial charge >= 0.3 is 0 Å². The number of nitrogens with zero attached hydrogens (tertiary/aromatic N) is 4. The van der Waals surface area contributed by atoms with Crippen LogP contribution in [0.2, 0.25) is 0 Å². The molecule has 0 N–H and O–H groups in total. The van der Waals surface area contributed by atoms with Crippen LogP contribution < -0.4 is 0 Å². The minimum Gasteiger partial charge on any atom is -0.474 e. The molecule has 6 nitrogen and oxygen atoms in total. The molecular weight excluding hydrogens is 372 g/mol. The van der Waals surface area contributed by atoms with E-state index in [-0.39, 0.29) is 5.54 Å². The van der Waals surface area contributed by atoms with Crippen molar-refractivity contribution in [2.45, 2.75) is 26.3 Å². The first-order chi connectivity index (χ1) is 13.5. The third-order valence-electron chi connectivity index (χ3n) is 4.54. The van der Waals surface area contributed by atoms with Gasteiger partial charge in [-0.25, -0.2) is 15.0 Å². The van der Waals surface area contributed by atoms with Crippen LogP contribution in [-0.2, 0) is 4.74 Å². The second-order valence-corrected chi connectivity index (χ2v) is 8.39. The van der Waals surface area contributed by atoms with Gasteiger partial charge in [0, 0.05) is 23.3 Å². The minimum absolute atomic E-state index is 0.264. The Morgan fingerprint density at radius 3 is 2.82 bits per heavy atom. The fourth-order valence-electron chi connectivity index (χ4n) is 3.19. The Labute approximate surface area is 166 Å². The van der Waals surface area contributed by atoms with Crippen LogP contribution in [0.25, 0.3) is 32.1 Å². The smallest absolute Gasteiger partial charge is 0.240 e. The molecule has 0 fully saturated rings. The van der Waals surface area contributed by atoms with E-state index in [9.17, 15) is 0 Å². The van der Waals surface area contributed by atoms with E-state index in [2.05, 4.69) is 9.98 Å². The molecule has 0 amide bonds. The molecule has 0 bridgehead atoms. The molecule has 0 aromatic carbocycles. The maximum atomic E-state index is 5.83. The van der Waals surface area contributed by atoms with Crippen molar-refractivity contribution < 1.29 is 9.15 Å². The number of furan rings is 1. The summed E-state index contributed by atoms with van der Waals surface area (Å²) in [5.41, 5.74) is 3.83. The average Bonchev–Trinajstić information content (AvgIpc) is 3.39. The molecule has 5 rings (SSSR count). The maximum Gasteiger partial charge on any atom is 0.240 e. The van der Waals surface area contributed by atoms with Crippen molar-refractivity contribution in [1.29, 1.82) is 0 Å². The molecule has 7 heteroatoms. The summed E-state index contributed by atoms with van der Waals surface area (Å²) in [4.78, 5) is 19.5. The lowest BCUT2D eigenvalue weighted by Crippen LogP contribution is -2.17. The molecule has 0 radical (unpaired) electrons. The number of rotatable bonds is 3. The Morgan fingerprint density at radius 1 is 1.18 bits per heavy atom. The predicted octanol–water partition coefficient (Wildman–Crippen LogP) is 4.88. The highest BCUT2D eigenvalue weighted by Gasteiger charge is 2.30. The van der Waals surface area contributed by atoms with Crippen LogP contribution in [0, 0.1) is 6.92 Å². The van der Waals surface area contributed by atoms with E-state index in [0.717, 1.165) is 32.2 Å². The Hall–Kier alpha value is -3.06. The van der Waals surface area contributed by atoms with Gasteiger partial charge in [0.05, 0.1) is 28.1 Å². The molecule has 28 heavy (non-hydrogen) atoms. The summed E-state index contributed by atoms with van der Waals surface area (Å²) in [6, 6.07) is 7.88. The summed E-state index contributed by atoms with van der Waals surface area (Å²) < 4.78 is 11.5. The van der Waals surface area contributed by atoms with Gasteiger partial charge in [-0.15, -0.1) is 11.3 Å². The number of fused-ring (bicyclic) bond motifs is 1. The monoisotopic (exact) mass is 390 g/mol. The second kappa shape index (κ2) is 6.24. The minimum atomic E-state index is -0.264. The van der Waals surface area contributed by atoms with E-state index in [4.69, 9.17) is 19.1 Å². The van der Waals surface area contributed by atoms with Gasteiger partial charge < -0.3 is 9.15 Å². The molecule has 4 aromatic rings. The number of aryl methyl sites for hydroxylation is 1. The molecule has 5 heterocycles. The fraction of sp³-hybridized carbons (Fsp3) is 0.238. The first kappa shape index (κ1) is 17.1. The first-order valence-corrected chi connectivity index (χ1v) is 9.81. The molecule has 4 aromatic heterocycles. The van der Waals surface area contributed by atoms with Gasteiger partial charge in [0.1, 0.15) is 11.6 Å². The number of aromatic nitrogens is 3. The standard InChI is InChI=1S/C21H18N4O2S/c1-12-18(28-20(23-12)14-5-4-7-22-10-14)15-9-13-6-8-26-17(13)16(24-15)19-25-21(2,3)11-27-19/h4-10H,11H2,1-3H3. The number of hydrogen-bond acceptors (Lipinski definition) is 7. The first-order valence-electron chi connectivity index (χ1n) is 9.00. The molecule has 1 aliphatic heterocycles. The third-order valence-corrected chi connectivity index (χ3v) is 5.77. The summed E-state index contributed by atoms with van der Waals surface area (Å²) >= 11 is 1.60. The SMILES string of the molecule is Cc1nc(-c2cccnc2)sc1-c1cc2ccoc2c(C2=NC(C)(C)CO2)n1. The van der Waals surface area contributed by atoms with E-state index in [0.29, 0.717) is 23.8 Å². The van der Waals surface area contributed by atoms with Crippen LogP contribution in [0.4, 0.5) is 0 Å². The molecule has 0 saturated heterocycles. The van der Waals surface area contributed by atoms with Crippen molar-refractivity contribution in [3.05, 3.63) is 54.3 Å². The maximum absolute atomic E-state index is 5.83. The summed E-state index contributed by atoms with van der Waals surface area (Å²) in [6.07, 6.45) is 5.25. The Bertz CT molecular complexity index is 1210. The molecule has 0 saturated carbocycles. The summed E-state index contributed by atoms with van der Waals surface area (Å²) in [5.74, 6) is 0.529. The molecule has 1 aliphatic rings. The topological polar surface area (TPSA) is 73.4 Å². The lowest BCUT2D eigenvalue weighted by molar-refractivity contribution is 0.279. The van der Waals surface area contributed by atoms with Gasteiger partial charge in [0.25, 0.3) is 0 Å². The van der Waals surface area contributed by atoms with E-state index >= 15 is 0 Å². The van der Waals surface area contributed by atoms with Crippen LogP contribution in [-0.4, -0.2) is 33.0 Å². The lowest BCUT2D eigenvalue weighted by atomic mass is 10.1. The van der Waals surface area contributed by atoms with Crippen LogP contribution in [0.1, 0.15) is 25.2 Å². The van der Waals surface area contributed by atoms with E-state index < -0.39 is 0 Å². The van der Waals surface area contributed by atoms with Crippen molar-refractivity contribution in [2.24, 2.45) is 4.99 Å². The lowest BCUT2D eigenvalue weighted by Gasteiger charge is -2.07. The number of thiazole rings is 1. The normalized spacial score (nSPS) is 15.6. The zero-order valence-corrected chi connectivity index (χ0v) is 16.6. The number of hydrogen-bond donors (Lipinski definition) is 0. The van der Waals surface area contributed by atoms with Crippen molar-refractivity contribution in [2.75, 3.05) is 6.61 Å². The van der Waals surface area contributed by atoms with Crippen molar-refractivity contribution in [1.82, 2.24) is 15.0 Å². The number of ether oxygens (including phenoxy) is 1. The van der Waals surface area contributed by atoms with Gasteiger partial charge in [-0.3, -0.25) is 4.98 Å². The van der Waals surface area contributed by atoms with Crippen LogP contribution in [0.5, 0.6) is 0 Å². The van der Waals surface area contributed by atoms with E-state index in [1.807, 2.05) is 51.2 Å². The summed E-state index contributed by atoms with van der Waals surface area (Å²) in [5, 5.41) is 1.89. The fourth-order valence-corrected chi connectivity index (χ4v) is 4.21. The van der Waals surface area contributed by atoms with Gasteiger partial charge in [0.2, 0.25) is 5.90 Å². The highest BCUT2D eigenvalue weighted by atomic mass is 32.1. The molecule has 140 valence electrons. The zero-order chi connectivity index (χ0) is 19.3. The largest absolute Gasteiger partial charge is 0.474 e. The highest BCUT2D eigenvalue weighted by molar-refractivity contribution is 7.18. The van der Waals surface area contributed by atoms with Gasteiger partial charge in [-0.05, 0) is 45.0 Å². The molecule has 0 spiro atoms. The van der Waals surface area contributed by atoms with E-state index in [1.54, 1.807) is 23.8 Å². The molecular formula is C21H18N4O2S. The van der Waals surface area contributed by atoms with Crippen LogP contribution in [0.3, 0.4) is 0 Å². The van der Waals surface area contributed by atoms with Crippen molar-refractivity contribution in [3.63, 3.8) is 0 Å². The van der Waals surface area contributed by atoms with Crippen LogP contribution >= 0.6 is 11.3 Å². The van der Waals surface area contributed by atoms with Gasteiger partial charge in [-0.1, -0.05) is 0 Å². The van der Waals surface area contributed by atoms with Crippen molar-refractivity contribution >= 4 is 28.2 Å². The van der Waals surface area contributed by atoms with Gasteiger partial charge in [-0.2, -0.15) is 0 Å². The number of aliphatic imine (C=N–C) groups is 1. The van der Waals surface area contributed by atoms with Crippen LogP contribution in [0.15, 0.2) is 52.3 Å². The second-order valence-electron chi connectivity index (χ2n) is 7.39. The molecule has 0 unspecified atom stereocenters. The van der Waals surface area contributed by atoms with Crippen molar-refractivity contribution in [3.8, 4) is 21.1 Å². The van der Waals surface area contributed by atoms with Gasteiger partial charge in [0.15, 0.2) is 11.3 Å². The highest BCUT2D eigenvalue weighted by Crippen LogP contribution is 2.36. The molecule has 0 atom stereocenters. The average molecular weight is 390 g/mol. The third kappa shape index (κ3) is 2.88. The summed E-state index contributed by atoms with van der Waals surface area (Å²) in [7, 11) is 0. The zero-order valence-electron chi connectivity index (χ0n) is 15.8. The Morgan fingerprint density at radius 2 is 2.07 bits per heavy atom. The van der Waals surface area contributed by atoms with E-state index in [1.165, 1.54) is 0 Å².